The highest BCUT2D eigenvalue weighted by Crippen LogP contribution is 2.19. The molecule has 25 heavy (non-hydrogen) atoms. The highest BCUT2D eigenvalue weighted by Gasteiger charge is 2.26. The number of imidazole rings is 1. The number of carbonyl (C=O) groups is 1. The molecule has 0 bridgehead atoms. The lowest BCUT2D eigenvalue weighted by Crippen LogP contribution is -2.52. The van der Waals surface area contributed by atoms with Gasteiger partial charge in [0.2, 0.25) is 0 Å². The van der Waals surface area contributed by atoms with Crippen LogP contribution >= 0.6 is 0 Å². The third kappa shape index (κ3) is 3.28. The monoisotopic (exact) mass is 336 g/mol. The number of rotatable bonds is 6. The Morgan fingerprint density at radius 2 is 1.80 bits per heavy atom. The van der Waals surface area contributed by atoms with E-state index in [1.165, 1.54) is 0 Å². The SMILES string of the molecule is CCC(CC)(CN)NC(=O)c1ccc(-n2cnc3ccccc32)cc1. The molecule has 0 radical (unpaired) electrons. The van der Waals surface area contributed by atoms with Gasteiger partial charge in [-0.2, -0.15) is 0 Å². The predicted octanol–water partition coefficient (Wildman–Crippen LogP) is 3.27. The van der Waals surface area contributed by atoms with Crippen LogP contribution in [0.4, 0.5) is 0 Å². The van der Waals surface area contributed by atoms with Crippen molar-refractivity contribution in [2.75, 3.05) is 6.54 Å². The van der Waals surface area contributed by atoms with E-state index in [0.29, 0.717) is 12.1 Å². The molecule has 0 spiro atoms. The van der Waals surface area contributed by atoms with Gasteiger partial charge in [-0.1, -0.05) is 26.0 Å². The Balaban J connectivity index is 1.84. The molecule has 0 aliphatic rings. The van der Waals surface area contributed by atoms with E-state index in [0.717, 1.165) is 29.6 Å². The van der Waals surface area contributed by atoms with Gasteiger partial charge in [-0.05, 0) is 49.2 Å². The Morgan fingerprint density at radius 3 is 2.44 bits per heavy atom. The molecule has 1 amide bonds. The summed E-state index contributed by atoms with van der Waals surface area (Å²) in [6, 6.07) is 15.5. The molecule has 0 saturated carbocycles. The number of para-hydroxylation sites is 2. The Kier molecular flexibility index (Phi) is 4.86. The first-order valence-corrected chi connectivity index (χ1v) is 8.67. The Bertz CT molecular complexity index is 855. The smallest absolute Gasteiger partial charge is 0.251 e. The van der Waals surface area contributed by atoms with E-state index in [2.05, 4.69) is 10.3 Å². The maximum atomic E-state index is 12.6. The molecule has 0 unspecified atom stereocenters. The van der Waals surface area contributed by atoms with E-state index in [-0.39, 0.29) is 11.4 Å². The van der Waals surface area contributed by atoms with Crippen molar-refractivity contribution in [3.63, 3.8) is 0 Å². The molecule has 0 aliphatic carbocycles. The summed E-state index contributed by atoms with van der Waals surface area (Å²) in [5.74, 6) is -0.0869. The lowest BCUT2D eigenvalue weighted by molar-refractivity contribution is 0.0895. The third-order valence-corrected chi connectivity index (χ3v) is 4.98. The average molecular weight is 336 g/mol. The maximum Gasteiger partial charge on any atom is 0.251 e. The number of nitrogens with two attached hydrogens (primary N) is 1. The fourth-order valence-electron chi connectivity index (χ4n) is 3.02. The predicted molar refractivity (Wildman–Crippen MR) is 101 cm³/mol. The van der Waals surface area contributed by atoms with Crippen LogP contribution in [-0.2, 0) is 0 Å². The molecule has 2 aromatic carbocycles. The van der Waals surface area contributed by atoms with Gasteiger partial charge in [0.05, 0.1) is 16.6 Å². The summed E-state index contributed by atoms with van der Waals surface area (Å²) >= 11 is 0. The molecule has 0 saturated heterocycles. The van der Waals surface area contributed by atoms with E-state index in [9.17, 15) is 4.79 Å². The molecular formula is C20H24N4O. The van der Waals surface area contributed by atoms with Crippen molar-refractivity contribution in [1.82, 2.24) is 14.9 Å². The molecule has 0 aliphatic heterocycles. The molecule has 5 nitrogen and oxygen atoms in total. The van der Waals surface area contributed by atoms with Gasteiger partial charge >= 0.3 is 0 Å². The summed E-state index contributed by atoms with van der Waals surface area (Å²) in [6.45, 7) is 4.53. The molecule has 130 valence electrons. The molecule has 1 aromatic heterocycles. The second-order valence-corrected chi connectivity index (χ2v) is 6.30. The number of hydrogen-bond donors (Lipinski definition) is 2. The minimum atomic E-state index is -0.337. The highest BCUT2D eigenvalue weighted by molar-refractivity contribution is 5.95. The maximum absolute atomic E-state index is 12.6. The van der Waals surface area contributed by atoms with E-state index in [1.807, 2.05) is 66.9 Å². The first-order valence-electron chi connectivity index (χ1n) is 8.67. The summed E-state index contributed by atoms with van der Waals surface area (Å²) in [7, 11) is 0. The number of benzene rings is 2. The van der Waals surface area contributed by atoms with Crippen molar-refractivity contribution in [3.05, 3.63) is 60.4 Å². The first-order chi connectivity index (χ1) is 12.1. The van der Waals surface area contributed by atoms with Crippen molar-refractivity contribution in [2.24, 2.45) is 5.73 Å². The van der Waals surface area contributed by atoms with Gasteiger partial charge < -0.3 is 11.1 Å². The molecule has 3 rings (SSSR count). The Hall–Kier alpha value is -2.66. The number of carbonyl (C=O) groups excluding carboxylic acids is 1. The van der Waals surface area contributed by atoms with E-state index >= 15 is 0 Å². The van der Waals surface area contributed by atoms with Crippen LogP contribution in [0.2, 0.25) is 0 Å². The molecule has 3 aromatic rings. The van der Waals surface area contributed by atoms with Crippen molar-refractivity contribution >= 4 is 16.9 Å². The summed E-state index contributed by atoms with van der Waals surface area (Å²) < 4.78 is 2.01. The number of aromatic nitrogens is 2. The number of nitrogens with one attached hydrogen (secondary N) is 1. The number of fused-ring (bicyclic) bond motifs is 1. The largest absolute Gasteiger partial charge is 0.345 e. The van der Waals surface area contributed by atoms with Crippen molar-refractivity contribution < 1.29 is 4.79 Å². The number of nitrogens with zero attached hydrogens (tertiary/aromatic N) is 2. The van der Waals surface area contributed by atoms with Crippen LogP contribution in [0.25, 0.3) is 16.7 Å². The topological polar surface area (TPSA) is 72.9 Å². The quantitative estimate of drug-likeness (QED) is 0.725. The van der Waals surface area contributed by atoms with Gasteiger partial charge in [0.15, 0.2) is 0 Å². The van der Waals surface area contributed by atoms with Crippen LogP contribution in [0, 0.1) is 0 Å². The number of hydrogen-bond acceptors (Lipinski definition) is 3. The second kappa shape index (κ2) is 7.07. The van der Waals surface area contributed by atoms with Crippen molar-refractivity contribution in [2.45, 2.75) is 32.2 Å². The first kappa shape index (κ1) is 17.2. The second-order valence-electron chi connectivity index (χ2n) is 6.30. The fraction of sp³-hybridized carbons (Fsp3) is 0.300. The van der Waals surface area contributed by atoms with Crippen LogP contribution in [0.5, 0.6) is 0 Å². The molecule has 3 N–H and O–H groups in total. The molecule has 0 atom stereocenters. The normalized spacial score (nSPS) is 11.6. The zero-order chi connectivity index (χ0) is 17.9. The summed E-state index contributed by atoms with van der Waals surface area (Å²) in [5, 5.41) is 3.10. The van der Waals surface area contributed by atoms with Gasteiger partial charge in [-0.25, -0.2) is 4.98 Å². The summed E-state index contributed by atoms with van der Waals surface area (Å²) in [4.78, 5) is 17.0. The van der Waals surface area contributed by atoms with Crippen LogP contribution < -0.4 is 11.1 Å². The minimum absolute atomic E-state index is 0.0869. The van der Waals surface area contributed by atoms with Crippen molar-refractivity contribution in [1.29, 1.82) is 0 Å². The van der Waals surface area contributed by atoms with Gasteiger partial charge in [0.25, 0.3) is 5.91 Å². The molecular weight excluding hydrogens is 312 g/mol. The van der Waals surface area contributed by atoms with Gasteiger partial charge in [-0.3, -0.25) is 9.36 Å². The van der Waals surface area contributed by atoms with E-state index < -0.39 is 0 Å². The Morgan fingerprint density at radius 1 is 1.12 bits per heavy atom. The minimum Gasteiger partial charge on any atom is -0.345 e. The third-order valence-electron chi connectivity index (χ3n) is 4.98. The standard InChI is InChI=1S/C20H24N4O/c1-3-20(4-2,13-21)23-19(25)15-9-11-16(12-10-15)24-14-22-17-7-5-6-8-18(17)24/h5-12,14H,3-4,13,21H2,1-2H3,(H,23,25). The van der Waals surface area contributed by atoms with E-state index in [4.69, 9.17) is 5.73 Å². The van der Waals surface area contributed by atoms with Crippen LogP contribution in [0.1, 0.15) is 37.0 Å². The molecule has 0 fully saturated rings. The van der Waals surface area contributed by atoms with Crippen molar-refractivity contribution in [3.8, 4) is 5.69 Å². The van der Waals surface area contributed by atoms with E-state index in [1.54, 1.807) is 6.33 Å². The lowest BCUT2D eigenvalue weighted by atomic mass is 9.92. The summed E-state index contributed by atoms with van der Waals surface area (Å²) in [6.07, 6.45) is 3.42. The van der Waals surface area contributed by atoms with Gasteiger partial charge in [0.1, 0.15) is 6.33 Å². The van der Waals surface area contributed by atoms with Gasteiger partial charge in [0, 0.05) is 17.8 Å². The zero-order valence-corrected chi connectivity index (χ0v) is 14.7. The van der Waals surface area contributed by atoms with Crippen LogP contribution in [-0.4, -0.2) is 27.5 Å². The molecule has 1 heterocycles. The highest BCUT2D eigenvalue weighted by atomic mass is 16.1. The molecule has 5 heteroatoms. The Labute approximate surface area is 147 Å². The zero-order valence-electron chi connectivity index (χ0n) is 14.7. The average Bonchev–Trinajstić information content (AvgIpc) is 3.10. The van der Waals surface area contributed by atoms with Gasteiger partial charge in [-0.15, -0.1) is 0 Å². The fourth-order valence-corrected chi connectivity index (χ4v) is 3.02. The number of amides is 1. The van der Waals surface area contributed by atoms with Crippen LogP contribution in [0.15, 0.2) is 54.9 Å². The van der Waals surface area contributed by atoms with Crippen LogP contribution in [0.3, 0.4) is 0 Å². The lowest BCUT2D eigenvalue weighted by Gasteiger charge is -2.31. The summed E-state index contributed by atoms with van der Waals surface area (Å²) in [5.41, 5.74) is 9.13.